The molecule has 3 N–H and O–H groups in total. The van der Waals surface area contributed by atoms with Crippen molar-refractivity contribution in [3.8, 4) is 0 Å². The fourth-order valence-corrected chi connectivity index (χ4v) is 5.78. The summed E-state index contributed by atoms with van der Waals surface area (Å²) in [4.78, 5) is 14.2. The number of carbonyl (C=O) groups is 1. The van der Waals surface area contributed by atoms with Crippen LogP contribution < -0.4 is 5.32 Å². The van der Waals surface area contributed by atoms with E-state index < -0.39 is 39.0 Å². The number of piperazine rings is 1. The molecule has 0 spiro atoms. The minimum atomic E-state index is -3.92. The van der Waals surface area contributed by atoms with Gasteiger partial charge in [0.1, 0.15) is 6.04 Å². The molecule has 2 aliphatic heterocycles. The van der Waals surface area contributed by atoms with Crippen molar-refractivity contribution in [1.29, 1.82) is 0 Å². The Labute approximate surface area is 170 Å². The normalized spacial score (nSPS) is 23.9. The van der Waals surface area contributed by atoms with Crippen LogP contribution in [0.3, 0.4) is 0 Å². The largest absolute Gasteiger partial charge is 0.475 e. The molecule has 13 heteroatoms. The van der Waals surface area contributed by atoms with Crippen LogP contribution in [0.2, 0.25) is 0 Å². The van der Waals surface area contributed by atoms with Crippen LogP contribution in [0.15, 0.2) is 34.1 Å². The number of amides is 1. The highest BCUT2D eigenvalue weighted by Crippen LogP contribution is 2.23. The quantitative estimate of drug-likeness (QED) is 0.444. The summed E-state index contributed by atoms with van der Waals surface area (Å²) in [5.74, 6) is -1.06. The standard InChI is InChI=1S/C16H24BN3O7S2/c1-28(24,25)12-4-6-13(7-5-12)29(26,27)19-10-8-18-14(11-19)16(21)20-9-2-3-15(20)17(22)23/h4-7,14-15,18,22-23H,2-3,8-11H2,1H3/t14-,15-/m0/s1. The maximum atomic E-state index is 13.0. The zero-order valence-corrected chi connectivity index (χ0v) is 17.6. The van der Waals surface area contributed by atoms with Gasteiger partial charge >= 0.3 is 7.12 Å². The summed E-state index contributed by atoms with van der Waals surface area (Å²) >= 11 is 0. The summed E-state index contributed by atoms with van der Waals surface area (Å²) in [5.41, 5.74) is 0. The van der Waals surface area contributed by atoms with Gasteiger partial charge in [-0.25, -0.2) is 16.8 Å². The molecular weight excluding hydrogens is 421 g/mol. The van der Waals surface area contributed by atoms with E-state index in [4.69, 9.17) is 0 Å². The summed E-state index contributed by atoms with van der Waals surface area (Å²) < 4.78 is 50.2. The molecule has 0 aliphatic carbocycles. The van der Waals surface area contributed by atoms with E-state index in [1.54, 1.807) is 0 Å². The van der Waals surface area contributed by atoms with Crippen molar-refractivity contribution in [3.63, 3.8) is 0 Å². The van der Waals surface area contributed by atoms with Gasteiger partial charge in [-0.15, -0.1) is 0 Å². The number of hydrogen-bond donors (Lipinski definition) is 3. The summed E-state index contributed by atoms with van der Waals surface area (Å²) in [6, 6.07) is 4.16. The van der Waals surface area contributed by atoms with Crippen LogP contribution in [0.5, 0.6) is 0 Å². The second-order valence-corrected chi connectivity index (χ2v) is 11.2. The lowest BCUT2D eigenvalue weighted by molar-refractivity contribution is -0.134. The van der Waals surface area contributed by atoms with Gasteiger partial charge in [-0.3, -0.25) is 4.79 Å². The van der Waals surface area contributed by atoms with E-state index in [9.17, 15) is 31.7 Å². The number of sulfone groups is 1. The van der Waals surface area contributed by atoms with Crippen molar-refractivity contribution in [2.24, 2.45) is 0 Å². The highest BCUT2D eigenvalue weighted by Gasteiger charge is 2.41. The third-order valence-electron chi connectivity index (χ3n) is 5.25. The summed E-state index contributed by atoms with van der Waals surface area (Å²) in [5, 5.41) is 21.9. The first kappa shape index (κ1) is 22.2. The van der Waals surface area contributed by atoms with Crippen LogP contribution in [0.4, 0.5) is 0 Å². The second-order valence-electron chi connectivity index (χ2n) is 7.27. The van der Waals surface area contributed by atoms with Crippen LogP contribution in [0.1, 0.15) is 12.8 Å². The van der Waals surface area contributed by atoms with Crippen LogP contribution in [0.25, 0.3) is 0 Å². The van der Waals surface area contributed by atoms with Crippen molar-refractivity contribution >= 4 is 32.9 Å². The molecule has 0 bridgehead atoms. The number of rotatable bonds is 5. The molecule has 0 unspecified atom stereocenters. The highest BCUT2D eigenvalue weighted by molar-refractivity contribution is 7.90. The molecule has 0 saturated carbocycles. The van der Waals surface area contributed by atoms with Crippen LogP contribution >= 0.6 is 0 Å². The molecule has 1 amide bonds. The van der Waals surface area contributed by atoms with Gasteiger partial charge < -0.3 is 20.3 Å². The van der Waals surface area contributed by atoms with Crippen molar-refractivity contribution in [2.75, 3.05) is 32.4 Å². The molecule has 2 atom stereocenters. The minimum absolute atomic E-state index is 0.0208. The van der Waals surface area contributed by atoms with Gasteiger partial charge in [-0.2, -0.15) is 4.31 Å². The molecular formula is C16H24BN3O7S2. The SMILES string of the molecule is CS(=O)(=O)c1ccc(S(=O)(=O)N2CCN[C@H](C(=O)N3CCC[C@H]3B(O)O)C2)cc1. The van der Waals surface area contributed by atoms with E-state index >= 15 is 0 Å². The Morgan fingerprint density at radius 1 is 1.10 bits per heavy atom. The maximum absolute atomic E-state index is 13.0. The Balaban J connectivity index is 1.76. The monoisotopic (exact) mass is 445 g/mol. The smallest absolute Gasteiger partial charge is 0.426 e. The summed E-state index contributed by atoms with van der Waals surface area (Å²) in [6.07, 6.45) is 2.16. The van der Waals surface area contributed by atoms with Gasteiger partial charge in [0.25, 0.3) is 0 Å². The predicted octanol–water partition coefficient (Wildman–Crippen LogP) is -1.94. The first-order chi connectivity index (χ1) is 13.5. The summed E-state index contributed by atoms with van der Waals surface area (Å²) in [7, 11) is -9.00. The van der Waals surface area contributed by atoms with E-state index in [1.807, 2.05) is 0 Å². The predicted molar refractivity (Wildman–Crippen MR) is 105 cm³/mol. The number of sulfonamides is 1. The molecule has 160 valence electrons. The first-order valence-corrected chi connectivity index (χ1v) is 12.6. The number of nitrogens with zero attached hydrogens (tertiary/aromatic N) is 2. The van der Waals surface area contributed by atoms with Gasteiger partial charge in [-0.1, -0.05) is 0 Å². The number of benzene rings is 1. The Morgan fingerprint density at radius 2 is 1.72 bits per heavy atom. The minimum Gasteiger partial charge on any atom is -0.426 e. The fraction of sp³-hybridized carbons (Fsp3) is 0.562. The van der Waals surface area contributed by atoms with E-state index in [0.29, 0.717) is 19.4 Å². The topological polar surface area (TPSA) is 144 Å². The Bertz CT molecular complexity index is 967. The maximum Gasteiger partial charge on any atom is 0.475 e. The van der Waals surface area contributed by atoms with Crippen molar-refractivity contribution in [2.45, 2.75) is 34.6 Å². The fourth-order valence-electron chi connectivity index (χ4n) is 3.69. The number of nitrogens with one attached hydrogen (secondary N) is 1. The van der Waals surface area contributed by atoms with Crippen molar-refractivity contribution < 1.29 is 31.7 Å². The first-order valence-electron chi connectivity index (χ1n) is 9.22. The molecule has 2 aliphatic rings. The second kappa shape index (κ2) is 8.32. The molecule has 0 aromatic heterocycles. The average molecular weight is 445 g/mol. The molecule has 3 rings (SSSR count). The van der Waals surface area contributed by atoms with E-state index in [0.717, 1.165) is 6.26 Å². The van der Waals surface area contributed by atoms with Gasteiger partial charge in [0.05, 0.1) is 15.7 Å². The third kappa shape index (κ3) is 4.65. The van der Waals surface area contributed by atoms with E-state index in [1.165, 1.54) is 33.5 Å². The molecule has 1 aromatic rings. The molecule has 0 radical (unpaired) electrons. The molecule has 10 nitrogen and oxygen atoms in total. The van der Waals surface area contributed by atoms with E-state index in [2.05, 4.69) is 5.32 Å². The Kier molecular flexibility index (Phi) is 6.37. The number of likely N-dealkylation sites (tertiary alicyclic amines) is 1. The zero-order valence-electron chi connectivity index (χ0n) is 15.9. The molecule has 1 aromatic carbocycles. The zero-order chi connectivity index (χ0) is 21.4. The van der Waals surface area contributed by atoms with Gasteiger partial charge in [0.2, 0.25) is 15.9 Å². The molecule has 2 heterocycles. The van der Waals surface area contributed by atoms with Crippen LogP contribution in [-0.4, -0.2) is 93.5 Å². The Morgan fingerprint density at radius 3 is 2.31 bits per heavy atom. The van der Waals surface area contributed by atoms with Gasteiger partial charge in [-0.05, 0) is 37.1 Å². The summed E-state index contributed by atoms with van der Waals surface area (Å²) in [6.45, 7) is 0.710. The third-order valence-corrected chi connectivity index (χ3v) is 8.26. The van der Waals surface area contributed by atoms with E-state index in [-0.39, 0.29) is 35.3 Å². The lowest BCUT2D eigenvalue weighted by Crippen LogP contribution is -2.60. The molecule has 2 fully saturated rings. The van der Waals surface area contributed by atoms with Crippen LogP contribution in [-0.2, 0) is 24.7 Å². The van der Waals surface area contributed by atoms with Gasteiger partial charge in [0, 0.05) is 32.4 Å². The highest BCUT2D eigenvalue weighted by atomic mass is 32.2. The number of hydrogen-bond acceptors (Lipinski definition) is 8. The molecule has 29 heavy (non-hydrogen) atoms. The molecule has 2 saturated heterocycles. The number of carbonyl (C=O) groups excluding carboxylic acids is 1. The van der Waals surface area contributed by atoms with Crippen molar-refractivity contribution in [1.82, 2.24) is 14.5 Å². The lowest BCUT2D eigenvalue weighted by Gasteiger charge is -2.35. The van der Waals surface area contributed by atoms with Crippen molar-refractivity contribution in [3.05, 3.63) is 24.3 Å². The Hall–Kier alpha value is -1.51. The lowest BCUT2D eigenvalue weighted by atomic mass is 9.77. The van der Waals surface area contributed by atoms with Crippen LogP contribution in [0, 0.1) is 0 Å². The van der Waals surface area contributed by atoms with Gasteiger partial charge in [0.15, 0.2) is 9.84 Å². The average Bonchev–Trinajstić information content (AvgIpc) is 3.17.